The van der Waals surface area contributed by atoms with Gasteiger partial charge in [-0.2, -0.15) is 5.10 Å². The molecule has 0 saturated heterocycles. The minimum atomic E-state index is 0.125. The lowest BCUT2D eigenvalue weighted by atomic mass is 10.1. The summed E-state index contributed by atoms with van der Waals surface area (Å²) in [4.78, 5) is 0. The lowest BCUT2D eigenvalue weighted by Crippen LogP contribution is -2.34. The first-order chi connectivity index (χ1) is 9.15. The molecule has 4 nitrogen and oxygen atoms in total. The van der Waals surface area contributed by atoms with Crippen molar-refractivity contribution in [3.8, 4) is 0 Å². The van der Waals surface area contributed by atoms with Gasteiger partial charge in [0.1, 0.15) is 0 Å². The molecule has 1 N–H and O–H groups in total. The highest BCUT2D eigenvalue weighted by molar-refractivity contribution is 9.10. The summed E-state index contributed by atoms with van der Waals surface area (Å²) in [5.41, 5.74) is 1.19. The number of aryl methyl sites for hydroxylation is 1. The average molecular weight is 332 g/mol. The molecule has 0 spiro atoms. The van der Waals surface area contributed by atoms with Crippen LogP contribution in [0.3, 0.4) is 0 Å². The summed E-state index contributed by atoms with van der Waals surface area (Å²) in [6.45, 7) is 11.1. The highest BCUT2D eigenvalue weighted by Gasteiger charge is 2.25. The Kier molecular flexibility index (Phi) is 7.64. The summed E-state index contributed by atoms with van der Waals surface area (Å²) in [7, 11) is 0. The van der Waals surface area contributed by atoms with E-state index in [0.717, 1.165) is 37.0 Å². The van der Waals surface area contributed by atoms with Crippen LogP contribution in [0.1, 0.15) is 52.3 Å². The summed E-state index contributed by atoms with van der Waals surface area (Å²) < 4.78 is 8.92. The van der Waals surface area contributed by atoms with Crippen LogP contribution in [0.5, 0.6) is 0 Å². The zero-order chi connectivity index (χ0) is 14.3. The Morgan fingerprint density at radius 3 is 2.68 bits per heavy atom. The van der Waals surface area contributed by atoms with Gasteiger partial charge in [-0.25, -0.2) is 0 Å². The van der Waals surface area contributed by atoms with Crippen molar-refractivity contribution in [1.82, 2.24) is 15.1 Å². The number of hydrogen-bond donors (Lipinski definition) is 1. The number of ether oxygens (including phenoxy) is 1. The third-order valence-corrected chi connectivity index (χ3v) is 3.69. The van der Waals surface area contributed by atoms with Gasteiger partial charge in [-0.05, 0) is 49.2 Å². The first-order valence-corrected chi connectivity index (χ1v) is 8.01. The van der Waals surface area contributed by atoms with Crippen LogP contribution in [0, 0.1) is 0 Å². The highest BCUT2D eigenvalue weighted by atomic mass is 79.9. The fraction of sp³-hybridized carbons (Fsp3) is 0.786. The topological polar surface area (TPSA) is 39.1 Å². The fourth-order valence-corrected chi connectivity index (χ4v) is 2.76. The van der Waals surface area contributed by atoms with Gasteiger partial charge in [0.25, 0.3) is 0 Å². The van der Waals surface area contributed by atoms with Crippen LogP contribution in [0.25, 0.3) is 0 Å². The van der Waals surface area contributed by atoms with Crippen molar-refractivity contribution in [2.24, 2.45) is 0 Å². The molecule has 0 aromatic carbocycles. The van der Waals surface area contributed by atoms with Gasteiger partial charge in [0, 0.05) is 13.2 Å². The minimum absolute atomic E-state index is 0.125. The predicted octanol–water partition coefficient (Wildman–Crippen LogP) is 3.52. The van der Waals surface area contributed by atoms with E-state index in [1.54, 1.807) is 0 Å². The second kappa shape index (κ2) is 8.72. The zero-order valence-electron chi connectivity index (χ0n) is 12.4. The summed E-state index contributed by atoms with van der Waals surface area (Å²) in [6.07, 6.45) is 4.18. The molecule has 0 aliphatic heterocycles. The van der Waals surface area contributed by atoms with E-state index in [4.69, 9.17) is 4.74 Å². The molecule has 1 aromatic heterocycles. The predicted molar refractivity (Wildman–Crippen MR) is 82.3 cm³/mol. The van der Waals surface area contributed by atoms with Crippen molar-refractivity contribution < 1.29 is 4.74 Å². The Morgan fingerprint density at radius 2 is 2.11 bits per heavy atom. The van der Waals surface area contributed by atoms with Crippen LogP contribution >= 0.6 is 15.9 Å². The smallest absolute Gasteiger partial charge is 0.0767 e. The summed E-state index contributed by atoms with van der Waals surface area (Å²) in [6, 6.07) is 0.170. The number of halogens is 1. The van der Waals surface area contributed by atoms with E-state index in [1.807, 2.05) is 13.1 Å². The zero-order valence-corrected chi connectivity index (χ0v) is 14.0. The minimum Gasteiger partial charge on any atom is -0.377 e. The van der Waals surface area contributed by atoms with Crippen LogP contribution < -0.4 is 5.32 Å². The number of nitrogens with one attached hydrogen (secondary N) is 1. The van der Waals surface area contributed by atoms with Crippen LogP contribution in [0.4, 0.5) is 0 Å². The van der Waals surface area contributed by atoms with Gasteiger partial charge in [0.2, 0.25) is 0 Å². The second-order valence-electron chi connectivity index (χ2n) is 4.69. The number of hydrogen-bond acceptors (Lipinski definition) is 3. The van der Waals surface area contributed by atoms with E-state index in [2.05, 4.69) is 51.8 Å². The molecule has 0 radical (unpaired) electrons. The molecular weight excluding hydrogens is 306 g/mol. The van der Waals surface area contributed by atoms with Gasteiger partial charge in [-0.15, -0.1) is 0 Å². The van der Waals surface area contributed by atoms with E-state index in [9.17, 15) is 0 Å². The van der Waals surface area contributed by atoms with Gasteiger partial charge < -0.3 is 10.1 Å². The van der Waals surface area contributed by atoms with Crippen LogP contribution in [0.15, 0.2) is 10.7 Å². The maximum atomic E-state index is 5.79. The van der Waals surface area contributed by atoms with Crippen molar-refractivity contribution in [1.29, 1.82) is 0 Å². The Labute approximate surface area is 125 Å². The largest absolute Gasteiger partial charge is 0.377 e. The van der Waals surface area contributed by atoms with E-state index >= 15 is 0 Å². The molecule has 110 valence electrons. The van der Waals surface area contributed by atoms with Gasteiger partial charge in [0.05, 0.1) is 28.5 Å². The van der Waals surface area contributed by atoms with Gasteiger partial charge in [-0.1, -0.05) is 13.8 Å². The first kappa shape index (κ1) is 16.7. The Hall–Kier alpha value is -0.390. The molecule has 0 bridgehead atoms. The maximum Gasteiger partial charge on any atom is 0.0767 e. The number of nitrogens with zero attached hydrogens (tertiary/aromatic N) is 2. The second-order valence-corrected chi connectivity index (χ2v) is 5.55. The molecule has 1 rings (SSSR count). The van der Waals surface area contributed by atoms with Crippen molar-refractivity contribution in [3.05, 3.63) is 16.4 Å². The molecule has 0 amide bonds. The molecule has 19 heavy (non-hydrogen) atoms. The normalized spacial score (nSPS) is 14.6. The van der Waals surface area contributed by atoms with Crippen LogP contribution in [-0.4, -0.2) is 29.0 Å². The SMILES string of the molecule is CCCNC(c1c(Br)cnn1CCC)C(C)OCC. The fourth-order valence-electron chi connectivity index (χ4n) is 2.22. The maximum absolute atomic E-state index is 5.79. The van der Waals surface area contributed by atoms with E-state index in [1.165, 1.54) is 5.69 Å². The van der Waals surface area contributed by atoms with Gasteiger partial charge in [0.15, 0.2) is 0 Å². The average Bonchev–Trinajstić information content (AvgIpc) is 2.73. The molecule has 1 aromatic rings. The number of aromatic nitrogens is 2. The Bertz CT molecular complexity index is 368. The van der Waals surface area contributed by atoms with E-state index in [-0.39, 0.29) is 12.1 Å². The van der Waals surface area contributed by atoms with Crippen molar-refractivity contribution >= 4 is 15.9 Å². The quantitative estimate of drug-likeness (QED) is 0.752. The van der Waals surface area contributed by atoms with E-state index < -0.39 is 0 Å². The molecule has 0 aliphatic rings. The lowest BCUT2D eigenvalue weighted by molar-refractivity contribution is 0.0446. The first-order valence-electron chi connectivity index (χ1n) is 7.21. The Morgan fingerprint density at radius 1 is 1.37 bits per heavy atom. The Balaban J connectivity index is 2.97. The molecule has 0 fully saturated rings. The molecule has 2 unspecified atom stereocenters. The standard InChI is InChI=1S/C14H26BrN3O/c1-5-8-16-13(11(4)19-7-3)14-12(15)10-17-18(14)9-6-2/h10-11,13,16H,5-9H2,1-4H3. The number of rotatable bonds is 9. The highest BCUT2D eigenvalue weighted by Crippen LogP contribution is 2.27. The van der Waals surface area contributed by atoms with Gasteiger partial charge >= 0.3 is 0 Å². The van der Waals surface area contributed by atoms with Crippen molar-refractivity contribution in [3.63, 3.8) is 0 Å². The summed E-state index contributed by atoms with van der Waals surface area (Å²) >= 11 is 3.62. The van der Waals surface area contributed by atoms with Crippen LogP contribution in [-0.2, 0) is 11.3 Å². The molecule has 0 saturated carbocycles. The van der Waals surface area contributed by atoms with Crippen molar-refractivity contribution in [2.45, 2.75) is 59.2 Å². The summed E-state index contributed by atoms with van der Waals surface area (Å²) in [5, 5.41) is 8.03. The van der Waals surface area contributed by atoms with Crippen molar-refractivity contribution in [2.75, 3.05) is 13.2 Å². The molecule has 2 atom stereocenters. The molecular formula is C14H26BrN3O. The van der Waals surface area contributed by atoms with Gasteiger partial charge in [-0.3, -0.25) is 4.68 Å². The lowest BCUT2D eigenvalue weighted by Gasteiger charge is -2.26. The molecule has 0 aliphatic carbocycles. The molecule has 5 heteroatoms. The summed E-state index contributed by atoms with van der Waals surface area (Å²) in [5.74, 6) is 0. The molecule has 1 heterocycles. The van der Waals surface area contributed by atoms with Crippen LogP contribution in [0.2, 0.25) is 0 Å². The third kappa shape index (κ3) is 4.58. The third-order valence-electron chi connectivity index (χ3n) is 3.08. The monoisotopic (exact) mass is 331 g/mol. The van der Waals surface area contributed by atoms with E-state index in [0.29, 0.717) is 0 Å².